The predicted octanol–water partition coefficient (Wildman–Crippen LogP) is 0.639. The Kier molecular flexibility index (Phi) is 1.99. The fourth-order valence-electron chi connectivity index (χ4n) is 1.06. The van der Waals surface area contributed by atoms with E-state index in [9.17, 15) is 4.79 Å². The van der Waals surface area contributed by atoms with Gasteiger partial charge in [-0.15, -0.1) is 0 Å². The summed E-state index contributed by atoms with van der Waals surface area (Å²) >= 11 is 0. The van der Waals surface area contributed by atoms with Gasteiger partial charge in [-0.3, -0.25) is 0 Å². The Morgan fingerprint density at radius 2 is 2.62 bits per heavy atom. The maximum atomic E-state index is 11.0. The summed E-state index contributed by atoms with van der Waals surface area (Å²) in [6.45, 7) is 1.25. The lowest BCUT2D eigenvalue weighted by Gasteiger charge is -2.03. The molecule has 5 nitrogen and oxygen atoms in total. The van der Waals surface area contributed by atoms with Crippen LogP contribution in [0.5, 0.6) is 0 Å². The molecule has 0 atom stereocenters. The number of carbonyl (C=O) groups is 1. The van der Waals surface area contributed by atoms with Crippen molar-refractivity contribution < 1.29 is 9.21 Å². The molecule has 1 aliphatic heterocycles. The van der Waals surface area contributed by atoms with E-state index in [1.54, 1.807) is 18.4 Å². The van der Waals surface area contributed by atoms with Gasteiger partial charge in [0.15, 0.2) is 0 Å². The zero-order valence-corrected chi connectivity index (χ0v) is 6.93. The highest BCUT2D eigenvalue weighted by molar-refractivity contribution is 5.80. The minimum atomic E-state index is -0.164. The topological polar surface area (TPSA) is 57.8 Å². The van der Waals surface area contributed by atoms with E-state index in [1.807, 2.05) is 0 Å². The van der Waals surface area contributed by atoms with Gasteiger partial charge in [-0.1, -0.05) is 0 Å². The lowest BCUT2D eigenvalue weighted by Crippen LogP contribution is -2.23. The molecule has 0 saturated carbocycles. The highest BCUT2D eigenvalue weighted by Crippen LogP contribution is 1.99. The summed E-state index contributed by atoms with van der Waals surface area (Å²) in [5, 5.41) is 7.96. The van der Waals surface area contributed by atoms with Crippen LogP contribution in [0.3, 0.4) is 0 Å². The standard InChI is InChI=1S/C8H9N3O2/c12-8-9-3-4-11(8)10-6-7-2-1-5-13-7/h1-2,5-6H,3-4H2,(H,9,12). The van der Waals surface area contributed by atoms with Crippen molar-refractivity contribution in [2.24, 2.45) is 5.10 Å². The van der Waals surface area contributed by atoms with Crippen LogP contribution in [0, 0.1) is 0 Å². The molecule has 1 fully saturated rings. The molecule has 0 spiro atoms. The molecule has 68 valence electrons. The van der Waals surface area contributed by atoms with Crippen LogP contribution >= 0.6 is 0 Å². The second-order valence-corrected chi connectivity index (χ2v) is 2.62. The number of amides is 2. The Morgan fingerprint density at radius 3 is 3.23 bits per heavy atom. The number of hydrogen-bond donors (Lipinski definition) is 1. The zero-order chi connectivity index (χ0) is 9.10. The Balaban J connectivity index is 2.01. The van der Waals surface area contributed by atoms with Gasteiger partial charge in [0.1, 0.15) is 5.76 Å². The summed E-state index contributed by atoms with van der Waals surface area (Å²) in [6.07, 6.45) is 3.08. The molecule has 1 aromatic heterocycles. The van der Waals surface area contributed by atoms with Gasteiger partial charge < -0.3 is 9.73 Å². The fraction of sp³-hybridized carbons (Fsp3) is 0.250. The van der Waals surface area contributed by atoms with Gasteiger partial charge in [-0.2, -0.15) is 5.10 Å². The molecule has 0 aromatic carbocycles. The van der Waals surface area contributed by atoms with Crippen LogP contribution in [-0.2, 0) is 0 Å². The second kappa shape index (κ2) is 3.30. The summed E-state index contributed by atoms with van der Waals surface area (Å²) in [5.41, 5.74) is 0. The summed E-state index contributed by atoms with van der Waals surface area (Å²) in [6, 6.07) is 3.38. The molecule has 1 saturated heterocycles. The normalized spacial score (nSPS) is 16.9. The number of furan rings is 1. The first-order valence-electron chi connectivity index (χ1n) is 3.99. The molecule has 2 heterocycles. The van der Waals surface area contributed by atoms with Crippen LogP contribution < -0.4 is 5.32 Å². The maximum Gasteiger partial charge on any atom is 0.337 e. The van der Waals surface area contributed by atoms with Crippen LogP contribution in [0.4, 0.5) is 4.79 Å². The predicted molar refractivity (Wildman–Crippen MR) is 46.4 cm³/mol. The van der Waals surface area contributed by atoms with Gasteiger partial charge >= 0.3 is 6.03 Å². The van der Waals surface area contributed by atoms with Gasteiger partial charge in [0.05, 0.1) is 19.0 Å². The first-order chi connectivity index (χ1) is 6.36. The third-order valence-electron chi connectivity index (χ3n) is 1.70. The molecular formula is C8H9N3O2. The molecule has 0 unspecified atom stereocenters. The monoisotopic (exact) mass is 179 g/mol. The number of rotatable bonds is 2. The maximum absolute atomic E-state index is 11.0. The zero-order valence-electron chi connectivity index (χ0n) is 6.93. The highest BCUT2D eigenvalue weighted by Gasteiger charge is 2.17. The molecule has 13 heavy (non-hydrogen) atoms. The smallest absolute Gasteiger partial charge is 0.337 e. The van der Waals surface area contributed by atoms with Crippen molar-refractivity contribution in [3.63, 3.8) is 0 Å². The molecule has 2 amide bonds. The van der Waals surface area contributed by atoms with Crippen LogP contribution in [0.25, 0.3) is 0 Å². The van der Waals surface area contributed by atoms with Crippen LogP contribution in [0.15, 0.2) is 27.9 Å². The van der Waals surface area contributed by atoms with E-state index in [1.165, 1.54) is 11.2 Å². The molecule has 1 N–H and O–H groups in total. The summed E-state index contributed by atoms with van der Waals surface area (Å²) < 4.78 is 5.02. The third kappa shape index (κ3) is 1.69. The Labute approximate surface area is 75.0 Å². The number of nitrogens with one attached hydrogen (secondary N) is 1. The lowest BCUT2D eigenvalue weighted by atomic mass is 10.5. The number of nitrogens with zero attached hydrogens (tertiary/aromatic N) is 2. The molecular weight excluding hydrogens is 170 g/mol. The van der Waals surface area contributed by atoms with Crippen molar-refractivity contribution in [1.82, 2.24) is 10.3 Å². The minimum Gasteiger partial charge on any atom is -0.463 e. The van der Waals surface area contributed by atoms with E-state index >= 15 is 0 Å². The molecule has 1 aliphatic rings. The largest absolute Gasteiger partial charge is 0.463 e. The number of hydrazone groups is 1. The Morgan fingerprint density at radius 1 is 1.69 bits per heavy atom. The van der Waals surface area contributed by atoms with Crippen LogP contribution in [0.1, 0.15) is 5.76 Å². The van der Waals surface area contributed by atoms with E-state index in [-0.39, 0.29) is 6.03 Å². The van der Waals surface area contributed by atoms with Gasteiger partial charge in [0.25, 0.3) is 0 Å². The van der Waals surface area contributed by atoms with Gasteiger partial charge in [0, 0.05) is 6.54 Å². The Hall–Kier alpha value is -1.78. The number of carbonyl (C=O) groups excluding carboxylic acids is 1. The van der Waals surface area contributed by atoms with Crippen LogP contribution in [0.2, 0.25) is 0 Å². The molecule has 1 aromatic rings. The molecule has 5 heteroatoms. The van der Waals surface area contributed by atoms with Gasteiger partial charge in [0.2, 0.25) is 0 Å². The average Bonchev–Trinajstić information content (AvgIpc) is 2.72. The molecule has 2 rings (SSSR count). The number of hydrogen-bond acceptors (Lipinski definition) is 3. The molecule has 0 radical (unpaired) electrons. The minimum absolute atomic E-state index is 0.164. The Bertz CT molecular complexity index is 318. The van der Waals surface area contributed by atoms with Crippen molar-refractivity contribution in [2.75, 3.05) is 13.1 Å². The number of urea groups is 1. The van der Waals surface area contributed by atoms with E-state index < -0.39 is 0 Å². The van der Waals surface area contributed by atoms with Crippen molar-refractivity contribution in [3.05, 3.63) is 24.2 Å². The molecule has 0 bridgehead atoms. The first-order valence-corrected chi connectivity index (χ1v) is 3.99. The molecule has 0 aliphatic carbocycles. The van der Waals surface area contributed by atoms with E-state index in [0.717, 1.165) is 0 Å². The summed E-state index contributed by atoms with van der Waals surface area (Å²) in [7, 11) is 0. The van der Waals surface area contributed by atoms with Gasteiger partial charge in [-0.25, -0.2) is 9.80 Å². The second-order valence-electron chi connectivity index (χ2n) is 2.62. The van der Waals surface area contributed by atoms with Crippen molar-refractivity contribution in [2.45, 2.75) is 0 Å². The average molecular weight is 179 g/mol. The van der Waals surface area contributed by atoms with E-state index in [4.69, 9.17) is 4.42 Å². The van der Waals surface area contributed by atoms with Crippen LogP contribution in [-0.4, -0.2) is 30.3 Å². The third-order valence-corrected chi connectivity index (χ3v) is 1.70. The van der Waals surface area contributed by atoms with Crippen molar-refractivity contribution >= 4 is 12.2 Å². The fourth-order valence-corrected chi connectivity index (χ4v) is 1.06. The van der Waals surface area contributed by atoms with Gasteiger partial charge in [-0.05, 0) is 12.1 Å². The first kappa shape index (κ1) is 7.85. The van der Waals surface area contributed by atoms with Crippen molar-refractivity contribution in [1.29, 1.82) is 0 Å². The lowest BCUT2D eigenvalue weighted by molar-refractivity contribution is 0.219. The summed E-state index contributed by atoms with van der Waals surface area (Å²) in [5.74, 6) is 0.639. The summed E-state index contributed by atoms with van der Waals surface area (Å²) in [4.78, 5) is 11.0. The van der Waals surface area contributed by atoms with E-state index in [2.05, 4.69) is 10.4 Å². The SMILES string of the molecule is O=C1NCCN1N=Cc1ccco1. The highest BCUT2D eigenvalue weighted by atomic mass is 16.3. The quantitative estimate of drug-likeness (QED) is 0.677. The van der Waals surface area contributed by atoms with Crippen molar-refractivity contribution in [3.8, 4) is 0 Å². The van der Waals surface area contributed by atoms with E-state index in [0.29, 0.717) is 18.8 Å².